The third kappa shape index (κ3) is 2.91. The predicted molar refractivity (Wildman–Crippen MR) is 113 cm³/mol. The lowest BCUT2D eigenvalue weighted by molar-refractivity contribution is 0.100. The number of hydrogen-bond donors (Lipinski definition) is 2. The highest BCUT2D eigenvalue weighted by molar-refractivity contribution is 6.25. The molecule has 0 bridgehead atoms. The number of rotatable bonds is 4. The molecule has 4 aromatic carbocycles. The van der Waals surface area contributed by atoms with Gasteiger partial charge in [0.25, 0.3) is 0 Å². The van der Waals surface area contributed by atoms with Gasteiger partial charge >= 0.3 is 0 Å². The molecule has 0 spiro atoms. The van der Waals surface area contributed by atoms with Crippen molar-refractivity contribution in [3.8, 4) is 0 Å². The van der Waals surface area contributed by atoms with E-state index in [1.807, 2.05) is 12.1 Å². The number of nitrogen functional groups attached to an aromatic ring is 2. The van der Waals surface area contributed by atoms with E-state index in [2.05, 4.69) is 0 Å². The molecule has 4 nitrogen and oxygen atoms in total. The fraction of sp³-hybridized carbons (Fsp3) is 0. The Labute approximate surface area is 162 Å². The molecule has 0 unspecified atom stereocenters. The molecule has 0 aromatic heterocycles. The largest absolute Gasteiger partial charge is 0.398 e. The molecule has 0 aliphatic carbocycles. The zero-order chi connectivity index (χ0) is 19.7. The second-order valence-electron chi connectivity index (χ2n) is 6.55. The predicted octanol–water partition coefficient (Wildman–Crippen LogP) is 4.47. The van der Waals surface area contributed by atoms with Crippen LogP contribution in [-0.2, 0) is 0 Å². The number of fused-ring (bicyclic) bond motifs is 1. The van der Waals surface area contributed by atoms with Crippen molar-refractivity contribution in [2.45, 2.75) is 0 Å². The molecule has 4 heteroatoms. The summed E-state index contributed by atoms with van der Waals surface area (Å²) in [5, 5.41) is 1.31. The van der Waals surface area contributed by atoms with Gasteiger partial charge in [-0.05, 0) is 12.1 Å². The molecule has 0 saturated heterocycles. The molecule has 0 radical (unpaired) electrons. The Morgan fingerprint density at radius 3 is 1.79 bits per heavy atom. The summed E-state index contributed by atoms with van der Waals surface area (Å²) >= 11 is 0. The van der Waals surface area contributed by atoms with E-state index in [1.165, 1.54) is 0 Å². The van der Waals surface area contributed by atoms with Gasteiger partial charge in [0, 0.05) is 33.2 Å². The van der Waals surface area contributed by atoms with Crippen molar-refractivity contribution in [3.05, 3.63) is 107 Å². The van der Waals surface area contributed by atoms with Gasteiger partial charge in [0.15, 0.2) is 11.6 Å². The first-order valence-corrected chi connectivity index (χ1v) is 8.88. The topological polar surface area (TPSA) is 86.2 Å². The van der Waals surface area contributed by atoms with Crippen LogP contribution in [0.15, 0.2) is 84.9 Å². The lowest BCUT2D eigenvalue weighted by atomic mass is 9.88. The number of ketones is 2. The summed E-state index contributed by atoms with van der Waals surface area (Å²) in [6.45, 7) is 0. The smallest absolute Gasteiger partial charge is 0.195 e. The molecular formula is C24H18N2O2. The lowest BCUT2D eigenvalue weighted by Gasteiger charge is -2.15. The number of carbonyl (C=O) groups is 2. The van der Waals surface area contributed by atoms with E-state index in [9.17, 15) is 9.59 Å². The molecule has 4 aromatic rings. The van der Waals surface area contributed by atoms with Crippen LogP contribution in [0, 0.1) is 0 Å². The molecule has 136 valence electrons. The number of hydrogen-bond acceptors (Lipinski definition) is 4. The van der Waals surface area contributed by atoms with Crippen LogP contribution >= 0.6 is 0 Å². The number of nitrogens with two attached hydrogens (primary N) is 2. The summed E-state index contributed by atoms with van der Waals surface area (Å²) in [6, 6.07) is 24.6. The molecule has 0 aliphatic heterocycles. The van der Waals surface area contributed by atoms with Gasteiger partial charge in [0.05, 0.1) is 11.3 Å². The summed E-state index contributed by atoms with van der Waals surface area (Å²) in [7, 11) is 0. The average Bonchev–Trinajstić information content (AvgIpc) is 2.74. The summed E-state index contributed by atoms with van der Waals surface area (Å²) in [5.74, 6) is -0.557. The Balaban J connectivity index is 2.02. The Morgan fingerprint density at radius 2 is 1.18 bits per heavy atom. The zero-order valence-corrected chi connectivity index (χ0v) is 15.1. The normalized spacial score (nSPS) is 10.7. The van der Waals surface area contributed by atoms with Gasteiger partial charge in [-0.1, -0.05) is 72.8 Å². The zero-order valence-electron chi connectivity index (χ0n) is 15.1. The second-order valence-corrected chi connectivity index (χ2v) is 6.55. The van der Waals surface area contributed by atoms with Gasteiger partial charge in [0.1, 0.15) is 0 Å². The van der Waals surface area contributed by atoms with Crippen LogP contribution in [-0.4, -0.2) is 11.6 Å². The third-order valence-electron chi connectivity index (χ3n) is 4.80. The Bertz CT molecular complexity index is 1200. The maximum atomic E-state index is 13.3. The number of benzene rings is 4. The first kappa shape index (κ1) is 17.5. The van der Waals surface area contributed by atoms with Crippen LogP contribution in [0.3, 0.4) is 0 Å². The van der Waals surface area contributed by atoms with E-state index in [4.69, 9.17) is 11.5 Å². The number of anilines is 2. The van der Waals surface area contributed by atoms with Crippen LogP contribution in [0.5, 0.6) is 0 Å². The average molecular weight is 366 g/mol. The van der Waals surface area contributed by atoms with Gasteiger partial charge in [-0.3, -0.25) is 9.59 Å². The van der Waals surface area contributed by atoms with E-state index >= 15 is 0 Å². The maximum Gasteiger partial charge on any atom is 0.195 e. The fourth-order valence-corrected chi connectivity index (χ4v) is 3.38. The maximum absolute atomic E-state index is 13.3. The molecule has 0 fully saturated rings. The van der Waals surface area contributed by atoms with Crippen molar-refractivity contribution in [1.82, 2.24) is 0 Å². The standard InChI is InChI=1S/C24H18N2O2/c25-20-13-7-12-17-18(20)14-19(23(27)15-8-3-1-4-9-15)21(22(17)26)24(28)16-10-5-2-6-11-16/h1-14H,25-26H2. The van der Waals surface area contributed by atoms with Crippen molar-refractivity contribution in [1.29, 1.82) is 0 Å². The SMILES string of the molecule is Nc1cccc2c(N)c(C(=O)c3ccccc3)c(C(=O)c3ccccc3)cc12. The summed E-state index contributed by atoms with van der Waals surface area (Å²) in [6.07, 6.45) is 0. The van der Waals surface area contributed by atoms with E-state index in [-0.39, 0.29) is 28.4 Å². The van der Waals surface area contributed by atoms with Gasteiger partial charge in [0.2, 0.25) is 0 Å². The Hall–Kier alpha value is -3.92. The summed E-state index contributed by atoms with van der Waals surface area (Å²) < 4.78 is 0. The third-order valence-corrected chi connectivity index (χ3v) is 4.80. The van der Waals surface area contributed by atoms with Crippen molar-refractivity contribution in [2.75, 3.05) is 11.5 Å². The molecule has 0 atom stereocenters. The van der Waals surface area contributed by atoms with Crippen molar-refractivity contribution < 1.29 is 9.59 Å². The monoisotopic (exact) mass is 366 g/mol. The van der Waals surface area contributed by atoms with Gasteiger partial charge in [-0.2, -0.15) is 0 Å². The minimum atomic E-state index is -0.290. The summed E-state index contributed by atoms with van der Waals surface area (Å²) in [4.78, 5) is 26.6. The van der Waals surface area contributed by atoms with E-state index in [1.54, 1.807) is 72.8 Å². The van der Waals surface area contributed by atoms with Crippen LogP contribution in [0.25, 0.3) is 10.8 Å². The van der Waals surface area contributed by atoms with E-state index in [0.717, 1.165) is 0 Å². The Kier molecular flexibility index (Phi) is 4.38. The minimum absolute atomic E-state index is 0.207. The van der Waals surface area contributed by atoms with Crippen molar-refractivity contribution in [2.24, 2.45) is 0 Å². The number of carbonyl (C=O) groups excluding carboxylic acids is 2. The van der Waals surface area contributed by atoms with E-state index < -0.39 is 0 Å². The Morgan fingerprint density at radius 1 is 0.607 bits per heavy atom. The molecule has 28 heavy (non-hydrogen) atoms. The molecule has 0 heterocycles. The van der Waals surface area contributed by atoms with Crippen molar-refractivity contribution >= 4 is 33.7 Å². The molecule has 0 saturated carbocycles. The lowest BCUT2D eigenvalue weighted by Crippen LogP contribution is -2.14. The first-order valence-electron chi connectivity index (χ1n) is 8.88. The van der Waals surface area contributed by atoms with Crippen LogP contribution < -0.4 is 11.5 Å². The van der Waals surface area contributed by atoms with Gasteiger partial charge < -0.3 is 11.5 Å². The highest BCUT2D eigenvalue weighted by atomic mass is 16.1. The quantitative estimate of drug-likeness (QED) is 0.412. The fourth-order valence-electron chi connectivity index (χ4n) is 3.38. The molecular weight excluding hydrogens is 348 g/mol. The molecule has 0 amide bonds. The second kappa shape index (κ2) is 7.00. The van der Waals surface area contributed by atoms with Crippen LogP contribution in [0.4, 0.5) is 11.4 Å². The highest BCUT2D eigenvalue weighted by Crippen LogP contribution is 2.34. The van der Waals surface area contributed by atoms with Crippen LogP contribution in [0.1, 0.15) is 31.8 Å². The van der Waals surface area contributed by atoms with Gasteiger partial charge in [-0.15, -0.1) is 0 Å². The van der Waals surface area contributed by atoms with Crippen molar-refractivity contribution in [3.63, 3.8) is 0 Å². The molecule has 4 N–H and O–H groups in total. The van der Waals surface area contributed by atoms with Gasteiger partial charge in [-0.25, -0.2) is 0 Å². The highest BCUT2D eigenvalue weighted by Gasteiger charge is 2.24. The molecule has 4 rings (SSSR count). The minimum Gasteiger partial charge on any atom is -0.398 e. The first-order chi connectivity index (χ1) is 13.6. The van der Waals surface area contributed by atoms with E-state index in [0.29, 0.717) is 27.6 Å². The summed E-state index contributed by atoms with van der Waals surface area (Å²) in [5.41, 5.74) is 14.7. The molecule has 0 aliphatic rings. The van der Waals surface area contributed by atoms with Crippen LogP contribution in [0.2, 0.25) is 0 Å².